The van der Waals surface area contributed by atoms with E-state index in [2.05, 4.69) is 4.98 Å². The Bertz CT molecular complexity index is 996. The zero-order valence-electron chi connectivity index (χ0n) is 13.6. The van der Waals surface area contributed by atoms with Crippen molar-refractivity contribution in [1.82, 2.24) is 9.38 Å². The number of thiazole rings is 1. The van der Waals surface area contributed by atoms with Crippen LogP contribution < -0.4 is 10.3 Å². The van der Waals surface area contributed by atoms with E-state index in [1.807, 2.05) is 19.2 Å². The van der Waals surface area contributed by atoms with Gasteiger partial charge in [0.15, 0.2) is 11.6 Å². The van der Waals surface area contributed by atoms with Crippen molar-refractivity contribution in [2.24, 2.45) is 0 Å². The highest BCUT2D eigenvalue weighted by Gasteiger charge is 2.10. The first-order valence-electron chi connectivity index (χ1n) is 7.45. The number of fused-ring (bicyclic) bond motifs is 1. The topological polar surface area (TPSA) is 69.9 Å². The summed E-state index contributed by atoms with van der Waals surface area (Å²) in [4.78, 5) is 28.8. The number of aryl methyl sites for hydroxylation is 2. The van der Waals surface area contributed by atoms with Gasteiger partial charge in [-0.05, 0) is 37.6 Å². The highest BCUT2D eigenvalue weighted by atomic mass is 35.5. The lowest BCUT2D eigenvalue weighted by Crippen LogP contribution is -2.18. The van der Waals surface area contributed by atoms with Crippen molar-refractivity contribution in [2.45, 2.75) is 20.5 Å². The van der Waals surface area contributed by atoms with E-state index in [-0.39, 0.29) is 18.8 Å². The molecule has 6 nitrogen and oxygen atoms in total. The average Bonchev–Trinajstić information content (AvgIpc) is 2.95. The van der Waals surface area contributed by atoms with Crippen LogP contribution in [-0.4, -0.2) is 22.0 Å². The number of hydrogen-bond acceptors (Lipinski definition) is 6. The summed E-state index contributed by atoms with van der Waals surface area (Å²) < 4.78 is 12.0. The Morgan fingerprint density at radius 2 is 2.12 bits per heavy atom. The highest BCUT2D eigenvalue weighted by Crippen LogP contribution is 2.21. The summed E-state index contributed by atoms with van der Waals surface area (Å²) in [6, 6.07) is 6.49. The number of nitrogens with zero attached hydrogens (tertiary/aromatic N) is 2. The van der Waals surface area contributed by atoms with Gasteiger partial charge in [0, 0.05) is 22.2 Å². The molecule has 1 aromatic carbocycles. The van der Waals surface area contributed by atoms with Gasteiger partial charge in [0.1, 0.15) is 12.4 Å². The third kappa shape index (κ3) is 4.00. The van der Waals surface area contributed by atoms with Gasteiger partial charge in [0.2, 0.25) is 0 Å². The van der Waals surface area contributed by atoms with Crippen molar-refractivity contribution in [3.05, 3.63) is 62.0 Å². The van der Waals surface area contributed by atoms with Gasteiger partial charge in [-0.1, -0.05) is 11.6 Å². The second-order valence-corrected chi connectivity index (χ2v) is 6.68. The van der Waals surface area contributed by atoms with Crippen molar-refractivity contribution in [2.75, 3.05) is 6.61 Å². The number of halogens is 1. The van der Waals surface area contributed by atoms with Crippen molar-refractivity contribution in [1.29, 1.82) is 0 Å². The molecule has 0 aliphatic heterocycles. The summed E-state index contributed by atoms with van der Waals surface area (Å²) in [7, 11) is 0. The van der Waals surface area contributed by atoms with E-state index < -0.39 is 5.97 Å². The molecule has 0 aliphatic carbocycles. The van der Waals surface area contributed by atoms with Crippen LogP contribution in [0.2, 0.25) is 5.02 Å². The van der Waals surface area contributed by atoms with Crippen LogP contribution in [-0.2, 0) is 16.1 Å². The lowest BCUT2D eigenvalue weighted by atomic mass is 10.2. The number of ether oxygens (including phenoxy) is 2. The molecule has 25 heavy (non-hydrogen) atoms. The first kappa shape index (κ1) is 17.4. The van der Waals surface area contributed by atoms with Crippen LogP contribution >= 0.6 is 22.9 Å². The molecule has 0 amide bonds. The second-order valence-electron chi connectivity index (χ2n) is 5.44. The van der Waals surface area contributed by atoms with Crippen molar-refractivity contribution >= 4 is 33.9 Å². The van der Waals surface area contributed by atoms with Crippen LogP contribution in [0, 0.1) is 13.8 Å². The van der Waals surface area contributed by atoms with E-state index in [0.29, 0.717) is 21.4 Å². The largest absolute Gasteiger partial charge is 0.482 e. The quantitative estimate of drug-likeness (QED) is 0.638. The first-order valence-corrected chi connectivity index (χ1v) is 8.71. The van der Waals surface area contributed by atoms with Gasteiger partial charge in [0.05, 0.1) is 5.69 Å². The molecular formula is C17H15ClN2O4S. The third-order valence-electron chi connectivity index (χ3n) is 3.50. The average molecular weight is 379 g/mol. The minimum absolute atomic E-state index is 0.0788. The number of carbonyl (C=O) groups excluding carboxylic acids is 1. The van der Waals surface area contributed by atoms with Gasteiger partial charge in [-0.25, -0.2) is 9.78 Å². The molecule has 3 aromatic rings. The Balaban J connectivity index is 1.58. The molecule has 8 heteroatoms. The van der Waals surface area contributed by atoms with E-state index in [0.717, 1.165) is 11.3 Å². The lowest BCUT2D eigenvalue weighted by Gasteiger charge is -2.08. The normalized spacial score (nSPS) is 10.8. The molecule has 0 saturated heterocycles. The number of benzene rings is 1. The molecular weight excluding hydrogens is 364 g/mol. The zero-order valence-corrected chi connectivity index (χ0v) is 15.2. The molecule has 0 saturated carbocycles. The second kappa shape index (κ2) is 7.25. The fraction of sp³-hybridized carbons (Fsp3) is 0.235. The summed E-state index contributed by atoms with van der Waals surface area (Å²) >= 11 is 7.30. The summed E-state index contributed by atoms with van der Waals surface area (Å²) in [5, 5.41) is 2.48. The zero-order chi connectivity index (χ0) is 18.0. The number of carbonyl (C=O) groups is 1. The third-order valence-corrected chi connectivity index (χ3v) is 4.86. The molecule has 2 aromatic heterocycles. The number of hydrogen-bond donors (Lipinski definition) is 0. The summed E-state index contributed by atoms with van der Waals surface area (Å²) in [6.45, 7) is 3.37. The van der Waals surface area contributed by atoms with Crippen LogP contribution in [0.15, 0.2) is 34.4 Å². The minimum Gasteiger partial charge on any atom is -0.482 e. The molecule has 0 unspecified atom stereocenters. The van der Waals surface area contributed by atoms with Gasteiger partial charge in [0.25, 0.3) is 5.56 Å². The maximum Gasteiger partial charge on any atom is 0.344 e. The Kier molecular flexibility index (Phi) is 5.06. The van der Waals surface area contributed by atoms with E-state index in [9.17, 15) is 9.59 Å². The van der Waals surface area contributed by atoms with Gasteiger partial charge in [-0.3, -0.25) is 9.20 Å². The predicted molar refractivity (Wildman–Crippen MR) is 95.6 cm³/mol. The molecule has 2 heterocycles. The minimum atomic E-state index is -0.544. The fourth-order valence-corrected chi connectivity index (χ4v) is 3.23. The smallest absolute Gasteiger partial charge is 0.344 e. The molecule has 0 fully saturated rings. The molecule has 0 spiro atoms. The Labute approximate surface area is 152 Å². The summed E-state index contributed by atoms with van der Waals surface area (Å²) in [5.41, 5.74) is 1.90. The molecule has 0 radical (unpaired) electrons. The summed E-state index contributed by atoms with van der Waals surface area (Å²) in [6.07, 6.45) is 0. The van der Waals surface area contributed by atoms with Gasteiger partial charge in [-0.2, -0.15) is 0 Å². The maximum atomic E-state index is 12.0. The van der Waals surface area contributed by atoms with E-state index in [1.54, 1.807) is 18.2 Å². The standard InChI is InChI=1S/C17H15ClN2O4S/c1-10-5-13(3-4-14(10)18)23-8-16(22)24-7-12-6-15(21)20-11(2)9-25-17(20)19-12/h3-6,9H,7-8H2,1-2H3. The Morgan fingerprint density at radius 1 is 1.32 bits per heavy atom. The van der Waals surface area contributed by atoms with Crippen LogP contribution in [0.25, 0.3) is 4.96 Å². The lowest BCUT2D eigenvalue weighted by molar-refractivity contribution is -0.147. The van der Waals surface area contributed by atoms with Gasteiger partial charge >= 0.3 is 5.97 Å². The Hall–Kier alpha value is -2.38. The van der Waals surface area contributed by atoms with Crippen molar-refractivity contribution < 1.29 is 14.3 Å². The fourth-order valence-electron chi connectivity index (χ4n) is 2.22. The van der Waals surface area contributed by atoms with Gasteiger partial charge in [-0.15, -0.1) is 11.3 Å². The van der Waals surface area contributed by atoms with Crippen LogP contribution in [0.1, 0.15) is 17.0 Å². The highest BCUT2D eigenvalue weighted by molar-refractivity contribution is 7.15. The van der Waals surface area contributed by atoms with Crippen LogP contribution in [0.3, 0.4) is 0 Å². The van der Waals surface area contributed by atoms with Crippen LogP contribution in [0.4, 0.5) is 0 Å². The molecule has 0 bridgehead atoms. The number of rotatable bonds is 5. The van der Waals surface area contributed by atoms with Crippen molar-refractivity contribution in [3.63, 3.8) is 0 Å². The maximum absolute atomic E-state index is 12.0. The molecule has 0 aliphatic rings. The Morgan fingerprint density at radius 3 is 2.88 bits per heavy atom. The number of esters is 1. The van der Waals surface area contributed by atoms with E-state index in [1.165, 1.54) is 21.8 Å². The predicted octanol–water partition coefficient (Wildman–Crippen LogP) is 3.15. The molecule has 0 atom stereocenters. The summed E-state index contributed by atoms with van der Waals surface area (Å²) in [5.74, 6) is -0.0114. The SMILES string of the molecule is Cc1cc(OCC(=O)OCc2cc(=O)n3c(C)csc3n2)ccc1Cl. The molecule has 130 valence electrons. The van der Waals surface area contributed by atoms with E-state index >= 15 is 0 Å². The van der Waals surface area contributed by atoms with Gasteiger partial charge < -0.3 is 9.47 Å². The molecule has 3 rings (SSSR count). The number of aromatic nitrogens is 2. The van der Waals surface area contributed by atoms with Crippen LogP contribution in [0.5, 0.6) is 5.75 Å². The first-order chi connectivity index (χ1) is 11.9. The van der Waals surface area contributed by atoms with E-state index in [4.69, 9.17) is 21.1 Å². The molecule has 0 N–H and O–H groups in total. The van der Waals surface area contributed by atoms with Crippen molar-refractivity contribution in [3.8, 4) is 5.75 Å². The monoisotopic (exact) mass is 378 g/mol.